The fourth-order valence-corrected chi connectivity index (χ4v) is 3.50. The average molecular weight is 287 g/mol. The minimum absolute atomic E-state index is 0.110. The first kappa shape index (κ1) is 14.1. The molecule has 1 saturated heterocycles. The van der Waals surface area contributed by atoms with E-state index in [0.717, 1.165) is 6.42 Å². The Hall–Kier alpha value is -1.84. The van der Waals surface area contributed by atoms with E-state index in [2.05, 4.69) is 19.1 Å². The third kappa shape index (κ3) is 2.23. The Labute approximate surface area is 124 Å². The number of aliphatic carboxylic acids is 1. The Morgan fingerprint density at radius 3 is 2.52 bits per heavy atom. The molecule has 1 amide bonds. The fraction of sp³-hybridized carbons (Fsp3) is 0.529. The number of likely N-dealkylation sites (tertiary alicyclic amines) is 1. The van der Waals surface area contributed by atoms with Crippen molar-refractivity contribution in [2.45, 2.75) is 45.1 Å². The van der Waals surface area contributed by atoms with E-state index in [1.54, 1.807) is 4.90 Å². The third-order valence-corrected chi connectivity index (χ3v) is 5.03. The molecule has 0 aromatic heterocycles. The monoisotopic (exact) mass is 287 g/mol. The van der Waals surface area contributed by atoms with Gasteiger partial charge in [-0.2, -0.15) is 0 Å². The molecule has 0 unspecified atom stereocenters. The molecule has 1 aliphatic heterocycles. The molecule has 1 saturated carbocycles. The summed E-state index contributed by atoms with van der Waals surface area (Å²) in [5, 5.41) is 9.30. The van der Waals surface area contributed by atoms with Gasteiger partial charge in [-0.05, 0) is 44.2 Å². The lowest BCUT2D eigenvalue weighted by molar-refractivity contribution is -0.153. The van der Waals surface area contributed by atoms with Gasteiger partial charge in [0.2, 0.25) is 5.91 Å². The molecule has 112 valence electrons. The van der Waals surface area contributed by atoms with Gasteiger partial charge in [0.25, 0.3) is 0 Å². The lowest BCUT2D eigenvalue weighted by Gasteiger charge is -2.25. The maximum atomic E-state index is 12.6. The van der Waals surface area contributed by atoms with Crippen molar-refractivity contribution in [3.05, 3.63) is 35.4 Å². The van der Waals surface area contributed by atoms with E-state index in [1.165, 1.54) is 11.1 Å². The van der Waals surface area contributed by atoms with E-state index in [1.807, 2.05) is 19.1 Å². The molecule has 2 aliphatic rings. The number of benzene rings is 1. The second-order valence-electron chi connectivity index (χ2n) is 6.48. The quantitative estimate of drug-likeness (QED) is 0.869. The predicted octanol–water partition coefficient (Wildman–Crippen LogP) is 2.56. The molecule has 4 nitrogen and oxygen atoms in total. The van der Waals surface area contributed by atoms with Crippen molar-refractivity contribution in [1.29, 1.82) is 0 Å². The van der Waals surface area contributed by atoms with Crippen LogP contribution in [0.3, 0.4) is 0 Å². The summed E-state index contributed by atoms with van der Waals surface area (Å²) in [5.41, 5.74) is 1.40. The molecule has 1 heterocycles. The standard InChI is InChI=1S/C17H21NO3/c1-11-5-3-4-6-14(11)13-9-12(2)18(10-13)15(19)17(7-8-17)16(20)21/h3-6,12-13H,7-10H2,1-2H3,(H,20,21)/t12-,13+/m0/s1. The normalized spacial score (nSPS) is 26.7. The summed E-state index contributed by atoms with van der Waals surface area (Å²) in [5.74, 6) is -0.827. The van der Waals surface area contributed by atoms with Gasteiger partial charge in [0, 0.05) is 18.5 Å². The molecule has 4 heteroatoms. The van der Waals surface area contributed by atoms with Crippen molar-refractivity contribution < 1.29 is 14.7 Å². The molecule has 0 spiro atoms. The highest BCUT2D eigenvalue weighted by atomic mass is 16.4. The molecule has 1 aliphatic carbocycles. The van der Waals surface area contributed by atoms with Crippen molar-refractivity contribution in [2.24, 2.45) is 5.41 Å². The molecular formula is C17H21NO3. The van der Waals surface area contributed by atoms with Gasteiger partial charge >= 0.3 is 5.97 Å². The first-order valence-corrected chi connectivity index (χ1v) is 7.56. The minimum atomic E-state index is -1.12. The zero-order valence-corrected chi connectivity index (χ0v) is 12.5. The number of hydrogen-bond donors (Lipinski definition) is 1. The van der Waals surface area contributed by atoms with E-state index in [9.17, 15) is 14.7 Å². The minimum Gasteiger partial charge on any atom is -0.480 e. The molecule has 1 aromatic rings. The summed E-state index contributed by atoms with van der Waals surface area (Å²) in [4.78, 5) is 25.7. The summed E-state index contributed by atoms with van der Waals surface area (Å²) >= 11 is 0. The number of carbonyl (C=O) groups is 2. The van der Waals surface area contributed by atoms with Crippen molar-refractivity contribution in [3.8, 4) is 0 Å². The molecule has 3 rings (SSSR count). The second kappa shape index (κ2) is 4.86. The Morgan fingerprint density at radius 1 is 1.29 bits per heavy atom. The third-order valence-electron chi connectivity index (χ3n) is 5.03. The molecular weight excluding hydrogens is 266 g/mol. The van der Waals surface area contributed by atoms with Gasteiger partial charge in [0.05, 0.1) is 0 Å². The first-order valence-electron chi connectivity index (χ1n) is 7.56. The molecule has 1 aromatic carbocycles. The maximum Gasteiger partial charge on any atom is 0.319 e. The van der Waals surface area contributed by atoms with Crippen LogP contribution in [0.4, 0.5) is 0 Å². The van der Waals surface area contributed by atoms with Crippen LogP contribution in [0.25, 0.3) is 0 Å². The van der Waals surface area contributed by atoms with Gasteiger partial charge in [0.1, 0.15) is 5.41 Å². The largest absolute Gasteiger partial charge is 0.480 e. The number of aryl methyl sites for hydroxylation is 1. The van der Waals surface area contributed by atoms with Crippen LogP contribution >= 0.6 is 0 Å². The van der Waals surface area contributed by atoms with E-state index in [4.69, 9.17) is 0 Å². The lowest BCUT2D eigenvalue weighted by Crippen LogP contribution is -2.42. The number of carboxylic acids is 1. The molecule has 1 N–H and O–H groups in total. The highest BCUT2D eigenvalue weighted by Crippen LogP contribution is 2.49. The number of carbonyl (C=O) groups excluding carboxylic acids is 1. The number of amides is 1. The van der Waals surface area contributed by atoms with Crippen molar-refractivity contribution in [1.82, 2.24) is 4.90 Å². The van der Waals surface area contributed by atoms with Gasteiger partial charge in [0.15, 0.2) is 0 Å². The Morgan fingerprint density at radius 2 is 1.95 bits per heavy atom. The number of hydrogen-bond acceptors (Lipinski definition) is 2. The molecule has 2 fully saturated rings. The van der Waals surface area contributed by atoms with E-state index < -0.39 is 11.4 Å². The smallest absolute Gasteiger partial charge is 0.319 e. The SMILES string of the molecule is Cc1ccccc1[C@@H]1C[C@H](C)N(C(=O)C2(C(=O)O)CC2)C1. The summed E-state index contributed by atoms with van der Waals surface area (Å²) in [7, 11) is 0. The van der Waals surface area contributed by atoms with E-state index >= 15 is 0 Å². The van der Waals surface area contributed by atoms with Crippen molar-refractivity contribution in [3.63, 3.8) is 0 Å². The number of nitrogens with zero attached hydrogens (tertiary/aromatic N) is 1. The maximum absolute atomic E-state index is 12.6. The first-order chi connectivity index (χ1) is 9.95. The van der Waals surface area contributed by atoms with Gasteiger partial charge < -0.3 is 10.0 Å². The average Bonchev–Trinajstić information content (AvgIpc) is 3.17. The van der Waals surface area contributed by atoms with Crippen LogP contribution in [-0.2, 0) is 9.59 Å². The van der Waals surface area contributed by atoms with Gasteiger partial charge in [-0.25, -0.2) is 0 Å². The zero-order chi connectivity index (χ0) is 15.2. The van der Waals surface area contributed by atoms with Gasteiger partial charge in [-0.15, -0.1) is 0 Å². The summed E-state index contributed by atoms with van der Waals surface area (Å²) in [6.07, 6.45) is 1.88. The molecule has 2 atom stereocenters. The van der Waals surface area contributed by atoms with Crippen LogP contribution in [0.15, 0.2) is 24.3 Å². The molecule has 0 bridgehead atoms. The van der Waals surface area contributed by atoms with Crippen molar-refractivity contribution in [2.75, 3.05) is 6.54 Å². The Balaban J connectivity index is 1.80. The summed E-state index contributed by atoms with van der Waals surface area (Å²) in [6, 6.07) is 8.36. The van der Waals surface area contributed by atoms with Gasteiger partial charge in [-0.3, -0.25) is 9.59 Å². The Bertz CT molecular complexity index is 591. The number of carboxylic acid groups (broad SMARTS) is 1. The lowest BCUT2D eigenvalue weighted by atomic mass is 9.93. The topological polar surface area (TPSA) is 57.6 Å². The van der Waals surface area contributed by atoms with Crippen LogP contribution in [0.1, 0.15) is 43.2 Å². The highest BCUT2D eigenvalue weighted by molar-refractivity contribution is 6.05. The second-order valence-corrected chi connectivity index (χ2v) is 6.48. The molecule has 0 radical (unpaired) electrons. The van der Waals surface area contributed by atoms with Crippen LogP contribution in [-0.4, -0.2) is 34.5 Å². The number of rotatable bonds is 3. The van der Waals surface area contributed by atoms with Crippen molar-refractivity contribution >= 4 is 11.9 Å². The fourth-order valence-electron chi connectivity index (χ4n) is 3.50. The Kier molecular flexibility index (Phi) is 3.27. The van der Waals surface area contributed by atoms with Crippen LogP contribution in [0.5, 0.6) is 0 Å². The van der Waals surface area contributed by atoms with Crippen LogP contribution in [0, 0.1) is 12.3 Å². The van der Waals surface area contributed by atoms with Crippen LogP contribution < -0.4 is 0 Å². The highest BCUT2D eigenvalue weighted by Gasteiger charge is 2.59. The summed E-state index contributed by atoms with van der Waals surface area (Å²) in [6.45, 7) is 4.75. The zero-order valence-electron chi connectivity index (χ0n) is 12.5. The molecule has 21 heavy (non-hydrogen) atoms. The van der Waals surface area contributed by atoms with E-state index in [0.29, 0.717) is 25.3 Å². The van der Waals surface area contributed by atoms with Crippen LogP contribution in [0.2, 0.25) is 0 Å². The summed E-state index contributed by atoms with van der Waals surface area (Å²) < 4.78 is 0. The predicted molar refractivity (Wildman–Crippen MR) is 79.0 cm³/mol. The van der Waals surface area contributed by atoms with E-state index in [-0.39, 0.29) is 11.9 Å². The van der Waals surface area contributed by atoms with Gasteiger partial charge in [-0.1, -0.05) is 24.3 Å².